The summed E-state index contributed by atoms with van der Waals surface area (Å²) in [6.45, 7) is 9.08. The predicted octanol–water partition coefficient (Wildman–Crippen LogP) is 3.27. The maximum absolute atomic E-state index is 8.16. The number of nitrogens with zero attached hydrogens (tertiary/aromatic N) is 1. The summed E-state index contributed by atoms with van der Waals surface area (Å²) in [5, 5.41) is 14.6. The number of likely N-dealkylation sites (tertiary alicyclic amines) is 1. The second-order valence-corrected chi connectivity index (χ2v) is 7.13. The average Bonchev–Trinajstić information content (AvgIpc) is 2.42. The molecule has 1 atom stereocenters. The van der Waals surface area contributed by atoms with Gasteiger partial charge in [-0.2, -0.15) is 0 Å². The lowest BCUT2D eigenvalue weighted by molar-refractivity contribution is -0.0218. The molecule has 21 heavy (non-hydrogen) atoms. The molecule has 4 nitrogen and oxygen atoms in total. The van der Waals surface area contributed by atoms with Gasteiger partial charge in [-0.25, -0.2) is 0 Å². The SMILES string of the molecule is CN1C(C)(C)CCC(NC(=N)Nc2ccccc2)C1(C)C. The molecule has 4 heteroatoms. The lowest BCUT2D eigenvalue weighted by Crippen LogP contribution is -2.67. The highest BCUT2D eigenvalue weighted by molar-refractivity contribution is 5.91. The number of piperidine rings is 1. The zero-order valence-corrected chi connectivity index (χ0v) is 13.8. The van der Waals surface area contributed by atoms with Crippen LogP contribution in [0.2, 0.25) is 0 Å². The van der Waals surface area contributed by atoms with Gasteiger partial charge in [-0.05, 0) is 59.7 Å². The predicted molar refractivity (Wildman–Crippen MR) is 89.9 cm³/mol. The summed E-state index contributed by atoms with van der Waals surface area (Å²) in [6.07, 6.45) is 2.20. The molecule has 0 aliphatic carbocycles. The van der Waals surface area contributed by atoms with Gasteiger partial charge in [0.1, 0.15) is 0 Å². The molecule has 0 spiro atoms. The molecule has 0 saturated carbocycles. The third-order valence-electron chi connectivity index (χ3n) is 5.03. The highest BCUT2D eigenvalue weighted by Crippen LogP contribution is 2.36. The molecule has 0 aromatic heterocycles. The Morgan fingerprint density at radius 3 is 2.43 bits per heavy atom. The van der Waals surface area contributed by atoms with E-state index in [1.54, 1.807) is 0 Å². The number of para-hydroxylation sites is 1. The van der Waals surface area contributed by atoms with Crippen LogP contribution in [0.5, 0.6) is 0 Å². The van der Waals surface area contributed by atoms with Crippen LogP contribution >= 0.6 is 0 Å². The van der Waals surface area contributed by atoms with Crippen molar-refractivity contribution < 1.29 is 0 Å². The monoisotopic (exact) mass is 288 g/mol. The van der Waals surface area contributed by atoms with Crippen molar-refractivity contribution >= 4 is 11.6 Å². The third kappa shape index (κ3) is 3.38. The Balaban J connectivity index is 2.01. The van der Waals surface area contributed by atoms with E-state index in [1.807, 2.05) is 30.3 Å². The molecule has 1 aromatic carbocycles. The molecule has 0 bridgehead atoms. The Kier molecular flexibility index (Phi) is 4.28. The van der Waals surface area contributed by atoms with E-state index in [2.05, 4.69) is 50.3 Å². The fourth-order valence-corrected chi connectivity index (χ4v) is 3.16. The van der Waals surface area contributed by atoms with E-state index < -0.39 is 0 Å². The van der Waals surface area contributed by atoms with Crippen molar-refractivity contribution in [1.29, 1.82) is 5.41 Å². The lowest BCUT2D eigenvalue weighted by atomic mass is 9.77. The zero-order valence-electron chi connectivity index (χ0n) is 13.8. The topological polar surface area (TPSA) is 51.2 Å². The van der Waals surface area contributed by atoms with Crippen LogP contribution in [0.25, 0.3) is 0 Å². The first-order valence-corrected chi connectivity index (χ1v) is 7.64. The molecule has 1 aliphatic rings. The molecule has 1 fully saturated rings. The average molecular weight is 288 g/mol. The largest absolute Gasteiger partial charge is 0.352 e. The Hall–Kier alpha value is -1.55. The Bertz CT molecular complexity index is 493. The highest BCUT2D eigenvalue weighted by atomic mass is 15.3. The maximum atomic E-state index is 8.16. The van der Waals surface area contributed by atoms with Crippen LogP contribution in [0.1, 0.15) is 40.5 Å². The van der Waals surface area contributed by atoms with Crippen LogP contribution in [0.15, 0.2) is 30.3 Å². The minimum atomic E-state index is 0.00637. The van der Waals surface area contributed by atoms with E-state index in [-0.39, 0.29) is 17.1 Å². The molecular weight excluding hydrogens is 260 g/mol. The summed E-state index contributed by atoms with van der Waals surface area (Å²) in [6, 6.07) is 10.1. The normalized spacial score (nSPS) is 24.3. The summed E-state index contributed by atoms with van der Waals surface area (Å²) in [4.78, 5) is 2.43. The van der Waals surface area contributed by atoms with Gasteiger partial charge in [0.2, 0.25) is 0 Å². The Labute approximate surface area is 128 Å². The van der Waals surface area contributed by atoms with E-state index >= 15 is 0 Å². The second kappa shape index (κ2) is 5.68. The maximum Gasteiger partial charge on any atom is 0.193 e. The van der Waals surface area contributed by atoms with Crippen LogP contribution in [0.4, 0.5) is 5.69 Å². The minimum Gasteiger partial charge on any atom is -0.352 e. The smallest absolute Gasteiger partial charge is 0.193 e. The molecule has 3 N–H and O–H groups in total. The number of benzene rings is 1. The van der Waals surface area contributed by atoms with Gasteiger partial charge < -0.3 is 10.6 Å². The molecular formula is C17H28N4. The van der Waals surface area contributed by atoms with Crippen molar-refractivity contribution in [2.24, 2.45) is 0 Å². The highest BCUT2D eigenvalue weighted by Gasteiger charge is 2.45. The molecule has 0 amide bonds. The van der Waals surface area contributed by atoms with Crippen LogP contribution < -0.4 is 10.6 Å². The fraction of sp³-hybridized carbons (Fsp3) is 0.588. The molecule has 2 rings (SSSR count). The number of likely N-dealkylation sites (N-methyl/N-ethyl adjacent to an activating group) is 1. The number of hydrogen-bond acceptors (Lipinski definition) is 2. The quantitative estimate of drug-likeness (QED) is 0.578. The van der Waals surface area contributed by atoms with E-state index in [4.69, 9.17) is 5.41 Å². The summed E-state index contributed by atoms with van der Waals surface area (Å²) in [5.41, 5.74) is 1.15. The lowest BCUT2D eigenvalue weighted by Gasteiger charge is -2.55. The number of guanidine groups is 1. The van der Waals surface area contributed by atoms with E-state index in [1.165, 1.54) is 0 Å². The minimum absolute atomic E-state index is 0.00637. The number of anilines is 1. The molecule has 1 unspecified atom stereocenters. The van der Waals surface area contributed by atoms with Gasteiger partial charge in [-0.15, -0.1) is 0 Å². The van der Waals surface area contributed by atoms with Crippen molar-refractivity contribution in [3.05, 3.63) is 30.3 Å². The van der Waals surface area contributed by atoms with Crippen LogP contribution in [-0.2, 0) is 0 Å². The van der Waals surface area contributed by atoms with Gasteiger partial charge in [0.25, 0.3) is 0 Å². The zero-order chi connectivity index (χ0) is 15.7. The molecule has 1 saturated heterocycles. The standard InChI is InChI=1S/C17H28N4/c1-16(2)12-11-14(17(3,4)21(16)5)20-15(18)19-13-9-7-6-8-10-13/h6-10,14H,11-12H2,1-5H3,(H3,18,19,20). The van der Waals surface area contributed by atoms with Gasteiger partial charge in [-0.3, -0.25) is 10.3 Å². The number of hydrogen-bond donors (Lipinski definition) is 3. The van der Waals surface area contributed by atoms with Crippen LogP contribution in [0, 0.1) is 5.41 Å². The van der Waals surface area contributed by atoms with Crippen molar-refractivity contribution in [3.8, 4) is 0 Å². The first-order valence-electron chi connectivity index (χ1n) is 7.64. The second-order valence-electron chi connectivity index (χ2n) is 7.13. The molecule has 116 valence electrons. The van der Waals surface area contributed by atoms with Gasteiger partial charge in [0, 0.05) is 22.8 Å². The molecule has 1 aromatic rings. The van der Waals surface area contributed by atoms with Crippen molar-refractivity contribution in [2.45, 2.75) is 57.7 Å². The first-order chi connectivity index (χ1) is 9.73. The van der Waals surface area contributed by atoms with Crippen LogP contribution in [0.3, 0.4) is 0 Å². The Morgan fingerprint density at radius 1 is 1.19 bits per heavy atom. The molecule has 0 radical (unpaired) electrons. The van der Waals surface area contributed by atoms with Gasteiger partial charge in [0.15, 0.2) is 5.96 Å². The first kappa shape index (κ1) is 15.8. The van der Waals surface area contributed by atoms with Gasteiger partial charge in [0.05, 0.1) is 0 Å². The van der Waals surface area contributed by atoms with Gasteiger partial charge in [-0.1, -0.05) is 18.2 Å². The van der Waals surface area contributed by atoms with Crippen molar-refractivity contribution in [2.75, 3.05) is 12.4 Å². The molecule has 1 aliphatic heterocycles. The third-order valence-corrected chi connectivity index (χ3v) is 5.03. The molecule has 1 heterocycles. The fourth-order valence-electron chi connectivity index (χ4n) is 3.16. The summed E-state index contributed by atoms with van der Waals surface area (Å²) in [5.74, 6) is 0.368. The summed E-state index contributed by atoms with van der Waals surface area (Å²) >= 11 is 0. The summed E-state index contributed by atoms with van der Waals surface area (Å²) in [7, 11) is 2.18. The van der Waals surface area contributed by atoms with E-state index in [9.17, 15) is 0 Å². The number of nitrogens with one attached hydrogen (secondary N) is 3. The van der Waals surface area contributed by atoms with E-state index in [0.717, 1.165) is 18.5 Å². The van der Waals surface area contributed by atoms with E-state index in [0.29, 0.717) is 5.96 Å². The van der Waals surface area contributed by atoms with Crippen LogP contribution in [-0.4, -0.2) is 35.0 Å². The Morgan fingerprint density at radius 2 is 1.81 bits per heavy atom. The summed E-state index contributed by atoms with van der Waals surface area (Å²) < 4.78 is 0. The van der Waals surface area contributed by atoms with Crippen molar-refractivity contribution in [3.63, 3.8) is 0 Å². The van der Waals surface area contributed by atoms with Gasteiger partial charge >= 0.3 is 0 Å². The van der Waals surface area contributed by atoms with Crippen molar-refractivity contribution in [1.82, 2.24) is 10.2 Å². The number of rotatable bonds is 2.